The second-order valence-corrected chi connectivity index (χ2v) is 25.8. The number of amides is 1. The number of nitrogens with zero attached hydrogens (tertiary/aromatic N) is 1. The molecule has 0 aromatic heterocycles. The number of allylic oxidation sites excluding steroid dienone is 13. The zero-order valence-electron chi connectivity index (χ0n) is 54.5. The summed E-state index contributed by atoms with van der Waals surface area (Å²) >= 11 is 0. The van der Waals surface area contributed by atoms with Crippen LogP contribution in [0, 0.1) is 0 Å². The molecule has 9 nitrogen and oxygen atoms in total. The SMILES string of the molecule is CC/C=C\C/C=C\C/C=C\C/C=C\C/C=C\C/C=C\CCCCCCCCC(=O)NC(COP(=O)(O)OCC[N+](C)(C)C)C(/C=C\CCCCCCCCCCCC)OC(=O)CCCCCCCCCCCCCCCCCCCCC. The molecule has 0 saturated heterocycles. The van der Waals surface area contributed by atoms with E-state index in [0.29, 0.717) is 17.4 Å². The molecule has 0 radical (unpaired) electrons. The number of hydrogen-bond acceptors (Lipinski definition) is 6. The number of esters is 1. The molecular weight excluding hydrogens is 1040 g/mol. The highest BCUT2D eigenvalue weighted by molar-refractivity contribution is 7.47. The molecule has 2 N–H and O–H groups in total. The summed E-state index contributed by atoms with van der Waals surface area (Å²) in [6, 6.07) is -0.859. The van der Waals surface area contributed by atoms with Gasteiger partial charge in [-0.25, -0.2) is 4.57 Å². The quantitative estimate of drug-likeness (QED) is 0.0205. The number of phosphoric ester groups is 1. The number of nitrogens with one attached hydrogen (secondary N) is 1. The third-order valence-electron chi connectivity index (χ3n) is 15.1. The van der Waals surface area contributed by atoms with E-state index in [9.17, 15) is 19.0 Å². The monoisotopic (exact) mass is 1170 g/mol. The van der Waals surface area contributed by atoms with Crippen LogP contribution in [0.1, 0.15) is 310 Å². The first-order valence-electron chi connectivity index (χ1n) is 34.4. The van der Waals surface area contributed by atoms with E-state index in [4.69, 9.17) is 13.8 Å². The second kappa shape index (κ2) is 61.3. The van der Waals surface area contributed by atoms with Gasteiger partial charge in [0.2, 0.25) is 5.91 Å². The van der Waals surface area contributed by atoms with Gasteiger partial charge in [-0.2, -0.15) is 0 Å². The first kappa shape index (κ1) is 79.2. The maximum absolute atomic E-state index is 13.6. The number of phosphoric acid groups is 1. The Morgan fingerprint density at radius 1 is 0.439 bits per heavy atom. The van der Waals surface area contributed by atoms with Crippen molar-refractivity contribution in [2.45, 2.75) is 322 Å². The minimum Gasteiger partial charge on any atom is -0.456 e. The van der Waals surface area contributed by atoms with Crippen molar-refractivity contribution < 1.29 is 37.3 Å². The molecule has 82 heavy (non-hydrogen) atoms. The van der Waals surface area contributed by atoms with Gasteiger partial charge in [0.1, 0.15) is 19.3 Å². The van der Waals surface area contributed by atoms with Gasteiger partial charge < -0.3 is 19.4 Å². The summed E-state index contributed by atoms with van der Waals surface area (Å²) in [7, 11) is 1.49. The van der Waals surface area contributed by atoms with Crippen LogP contribution < -0.4 is 5.32 Å². The Labute approximate surface area is 507 Å². The topological polar surface area (TPSA) is 111 Å². The maximum Gasteiger partial charge on any atom is 0.472 e. The molecule has 0 spiro atoms. The third-order valence-corrected chi connectivity index (χ3v) is 16.1. The van der Waals surface area contributed by atoms with Crippen LogP contribution in [0.4, 0.5) is 0 Å². The van der Waals surface area contributed by atoms with Crippen molar-refractivity contribution in [1.29, 1.82) is 0 Å². The van der Waals surface area contributed by atoms with Crippen LogP contribution >= 0.6 is 7.82 Å². The zero-order chi connectivity index (χ0) is 60.0. The standard InChI is InChI=1S/C72H131N2O7P/c1-7-10-13-16-19-22-25-28-30-32-34-35-36-37-38-39-41-42-44-46-49-52-55-58-61-64-71(75)73-69(68-80-82(77,78)79-67-66-74(4,5)6)70(63-60-57-54-51-48-27-24-21-18-15-12-9-3)81-72(76)65-62-59-56-53-50-47-45-43-40-33-31-29-26-23-20-17-14-11-8-2/h10,13,19,22,28,30,34-35,37-38,41-42,60,63,69-70H,7-9,11-12,14-18,20-21,23-27,29,31-33,36,39-40,43-59,61-62,64-68H2,1-6H3,(H-,73,75,77,78)/p+1/b13-10-,22-19-,30-28-,35-34-,38-37-,42-41-,63-60-. The van der Waals surface area contributed by atoms with Crippen molar-refractivity contribution in [2.24, 2.45) is 0 Å². The Morgan fingerprint density at radius 2 is 0.780 bits per heavy atom. The minimum absolute atomic E-state index is 0.0351. The fourth-order valence-electron chi connectivity index (χ4n) is 9.83. The summed E-state index contributed by atoms with van der Waals surface area (Å²) in [5.74, 6) is -0.514. The average molecular weight is 1170 g/mol. The largest absolute Gasteiger partial charge is 0.472 e. The van der Waals surface area contributed by atoms with E-state index >= 15 is 0 Å². The fourth-order valence-corrected chi connectivity index (χ4v) is 10.6. The summed E-state index contributed by atoms with van der Waals surface area (Å²) in [6.07, 6.45) is 81.6. The highest BCUT2D eigenvalue weighted by Crippen LogP contribution is 2.43. The van der Waals surface area contributed by atoms with Gasteiger partial charge in [-0.05, 0) is 83.1 Å². The van der Waals surface area contributed by atoms with Crippen molar-refractivity contribution in [3.8, 4) is 0 Å². The molecule has 0 bridgehead atoms. The molecule has 0 saturated carbocycles. The summed E-state index contributed by atoms with van der Waals surface area (Å²) < 4.78 is 30.8. The molecular formula is C72H132N2O7P+. The third kappa shape index (κ3) is 61.7. The Hall–Kier alpha value is -2.81. The van der Waals surface area contributed by atoms with Crippen molar-refractivity contribution in [1.82, 2.24) is 5.32 Å². The normalized spacial score (nSPS) is 14.1. The van der Waals surface area contributed by atoms with E-state index in [-0.39, 0.29) is 31.5 Å². The van der Waals surface area contributed by atoms with Gasteiger partial charge in [0, 0.05) is 12.8 Å². The van der Waals surface area contributed by atoms with Crippen molar-refractivity contribution in [2.75, 3.05) is 40.9 Å². The van der Waals surface area contributed by atoms with Gasteiger partial charge in [0.15, 0.2) is 0 Å². The lowest BCUT2D eigenvalue weighted by Crippen LogP contribution is -2.47. The number of quaternary nitrogens is 1. The predicted octanol–water partition coefficient (Wildman–Crippen LogP) is 21.7. The molecule has 0 aliphatic heterocycles. The highest BCUT2D eigenvalue weighted by atomic mass is 31.2. The summed E-state index contributed by atoms with van der Waals surface area (Å²) in [5, 5.41) is 3.06. The first-order valence-corrected chi connectivity index (χ1v) is 35.9. The van der Waals surface area contributed by atoms with Gasteiger partial charge in [0.25, 0.3) is 0 Å². The van der Waals surface area contributed by atoms with Crippen LogP contribution in [0.25, 0.3) is 0 Å². The predicted molar refractivity (Wildman–Crippen MR) is 355 cm³/mol. The molecule has 0 aliphatic carbocycles. The highest BCUT2D eigenvalue weighted by Gasteiger charge is 2.30. The maximum atomic E-state index is 13.6. The van der Waals surface area contributed by atoms with E-state index < -0.39 is 20.0 Å². The number of rotatable bonds is 62. The molecule has 0 aromatic carbocycles. The van der Waals surface area contributed by atoms with E-state index in [1.807, 2.05) is 33.3 Å². The number of unbranched alkanes of at least 4 members (excludes halogenated alkanes) is 34. The van der Waals surface area contributed by atoms with Crippen LogP contribution in [0.3, 0.4) is 0 Å². The van der Waals surface area contributed by atoms with Gasteiger partial charge >= 0.3 is 13.8 Å². The number of likely N-dealkylation sites (N-methyl/N-ethyl adjacent to an activating group) is 1. The molecule has 476 valence electrons. The fraction of sp³-hybridized carbons (Fsp3) is 0.778. The average Bonchev–Trinajstić information content (AvgIpc) is 3.44. The van der Waals surface area contributed by atoms with Crippen LogP contribution in [-0.2, 0) is 27.9 Å². The van der Waals surface area contributed by atoms with Gasteiger partial charge in [-0.1, -0.05) is 299 Å². The molecule has 3 atom stereocenters. The Balaban J connectivity index is 5.15. The van der Waals surface area contributed by atoms with E-state index in [2.05, 4.69) is 99.0 Å². The Kier molecular flexibility index (Phi) is 59.2. The first-order chi connectivity index (χ1) is 39.9. The number of hydrogen-bond donors (Lipinski definition) is 2. The number of ether oxygens (including phenoxy) is 1. The van der Waals surface area contributed by atoms with Gasteiger partial charge in [0.05, 0.1) is 33.8 Å². The van der Waals surface area contributed by atoms with Gasteiger partial charge in [-0.15, -0.1) is 0 Å². The molecule has 0 fully saturated rings. The van der Waals surface area contributed by atoms with E-state index in [1.54, 1.807) is 0 Å². The lowest BCUT2D eigenvalue weighted by molar-refractivity contribution is -0.870. The van der Waals surface area contributed by atoms with Crippen LogP contribution in [0.2, 0.25) is 0 Å². The summed E-state index contributed by atoms with van der Waals surface area (Å²) in [5.41, 5.74) is 0. The molecule has 3 unspecified atom stereocenters. The van der Waals surface area contributed by atoms with E-state index in [0.717, 1.165) is 122 Å². The van der Waals surface area contributed by atoms with Crippen molar-refractivity contribution in [3.63, 3.8) is 0 Å². The number of carbonyl (C=O) groups excluding carboxylic acids is 2. The number of carbonyl (C=O) groups is 2. The summed E-state index contributed by atoms with van der Waals surface area (Å²) in [6.45, 7) is 6.92. The minimum atomic E-state index is -4.46. The van der Waals surface area contributed by atoms with Crippen LogP contribution in [-0.4, -0.2) is 74.3 Å². The molecule has 0 aromatic rings. The lowest BCUT2D eigenvalue weighted by Gasteiger charge is -2.27. The molecule has 0 aliphatic rings. The molecule has 0 rings (SSSR count). The molecule has 1 amide bonds. The van der Waals surface area contributed by atoms with Crippen molar-refractivity contribution >= 4 is 19.7 Å². The summed E-state index contributed by atoms with van der Waals surface area (Å²) in [4.78, 5) is 37.9. The zero-order valence-corrected chi connectivity index (χ0v) is 55.4. The Morgan fingerprint density at radius 3 is 1.17 bits per heavy atom. The molecule has 10 heteroatoms. The molecule has 0 heterocycles. The lowest BCUT2D eigenvalue weighted by atomic mass is 10.0. The Bertz CT molecular complexity index is 1680. The van der Waals surface area contributed by atoms with Crippen LogP contribution in [0.5, 0.6) is 0 Å². The van der Waals surface area contributed by atoms with Gasteiger partial charge in [-0.3, -0.25) is 18.6 Å². The van der Waals surface area contributed by atoms with E-state index in [1.165, 1.54) is 154 Å². The second-order valence-electron chi connectivity index (χ2n) is 24.3. The van der Waals surface area contributed by atoms with Crippen LogP contribution in [0.15, 0.2) is 85.1 Å². The smallest absolute Gasteiger partial charge is 0.456 e. The van der Waals surface area contributed by atoms with Crippen molar-refractivity contribution in [3.05, 3.63) is 85.1 Å².